The van der Waals surface area contributed by atoms with Crippen molar-refractivity contribution < 1.29 is 14.3 Å². The molecule has 0 saturated carbocycles. The molecule has 20 heavy (non-hydrogen) atoms. The Bertz CT molecular complexity index is 520. The van der Waals surface area contributed by atoms with Crippen molar-refractivity contribution in [3.8, 4) is 0 Å². The molecular weight excluding hydrogens is 256 g/mol. The van der Waals surface area contributed by atoms with Crippen molar-refractivity contribution in [2.75, 3.05) is 33.3 Å². The number of piperazine rings is 1. The number of ether oxygens (including phenoxy) is 1. The van der Waals surface area contributed by atoms with Crippen LogP contribution >= 0.6 is 0 Å². The number of nitrogens with zero attached hydrogens (tertiary/aromatic N) is 2. The summed E-state index contributed by atoms with van der Waals surface area (Å²) in [6.07, 6.45) is -0.330. The van der Waals surface area contributed by atoms with Gasteiger partial charge < -0.3 is 14.5 Å². The molecule has 2 amide bonds. The van der Waals surface area contributed by atoms with Gasteiger partial charge in [0.25, 0.3) is 5.91 Å². The standard InChI is InChI=1S/C15H20N2O3/c1-11-4-5-12(2)13(10-11)14(18)16-6-8-17(9-7-16)15(19)20-3/h4-5,10H,6-9H2,1-3H3. The van der Waals surface area contributed by atoms with Crippen molar-refractivity contribution in [3.63, 3.8) is 0 Å². The lowest BCUT2D eigenvalue weighted by atomic mass is 10.0. The van der Waals surface area contributed by atoms with Crippen LogP contribution in [0.1, 0.15) is 21.5 Å². The van der Waals surface area contributed by atoms with Crippen LogP contribution in [0.15, 0.2) is 18.2 Å². The van der Waals surface area contributed by atoms with Gasteiger partial charge >= 0.3 is 6.09 Å². The number of benzene rings is 1. The van der Waals surface area contributed by atoms with Gasteiger partial charge in [0.05, 0.1) is 7.11 Å². The smallest absolute Gasteiger partial charge is 0.409 e. The second-order valence-corrected chi connectivity index (χ2v) is 5.07. The SMILES string of the molecule is COC(=O)N1CCN(C(=O)c2cc(C)ccc2C)CC1. The molecule has 0 radical (unpaired) electrons. The van der Waals surface area contributed by atoms with Gasteiger partial charge in [0, 0.05) is 31.7 Å². The van der Waals surface area contributed by atoms with E-state index in [4.69, 9.17) is 0 Å². The number of carbonyl (C=O) groups excluding carboxylic acids is 2. The highest BCUT2D eigenvalue weighted by Gasteiger charge is 2.25. The summed E-state index contributed by atoms with van der Waals surface area (Å²) in [6.45, 7) is 6.04. The summed E-state index contributed by atoms with van der Waals surface area (Å²) < 4.78 is 4.69. The topological polar surface area (TPSA) is 49.9 Å². The molecule has 0 unspecified atom stereocenters. The molecule has 1 aromatic rings. The van der Waals surface area contributed by atoms with E-state index in [2.05, 4.69) is 4.74 Å². The molecule has 1 aliphatic rings. The van der Waals surface area contributed by atoms with Gasteiger partial charge in [-0.25, -0.2) is 4.79 Å². The second kappa shape index (κ2) is 5.94. The number of methoxy groups -OCH3 is 1. The van der Waals surface area contributed by atoms with Crippen LogP contribution in [0.2, 0.25) is 0 Å². The maximum Gasteiger partial charge on any atom is 0.409 e. The van der Waals surface area contributed by atoms with E-state index in [-0.39, 0.29) is 12.0 Å². The Hall–Kier alpha value is -2.04. The second-order valence-electron chi connectivity index (χ2n) is 5.07. The van der Waals surface area contributed by atoms with E-state index in [0.29, 0.717) is 26.2 Å². The minimum atomic E-state index is -0.330. The van der Waals surface area contributed by atoms with Crippen LogP contribution in [0, 0.1) is 13.8 Å². The first kappa shape index (κ1) is 14.4. The maximum atomic E-state index is 12.5. The Kier molecular flexibility index (Phi) is 4.27. The summed E-state index contributed by atoms with van der Waals surface area (Å²) in [6, 6.07) is 5.89. The third-order valence-corrected chi connectivity index (χ3v) is 3.62. The van der Waals surface area contributed by atoms with Crippen molar-refractivity contribution in [2.24, 2.45) is 0 Å². The molecule has 0 aromatic heterocycles. The lowest BCUT2D eigenvalue weighted by molar-refractivity contribution is 0.0599. The van der Waals surface area contributed by atoms with Gasteiger partial charge in [0.2, 0.25) is 0 Å². The minimum Gasteiger partial charge on any atom is -0.453 e. The van der Waals surface area contributed by atoms with Crippen molar-refractivity contribution in [3.05, 3.63) is 34.9 Å². The van der Waals surface area contributed by atoms with E-state index < -0.39 is 0 Å². The Morgan fingerprint density at radius 3 is 2.25 bits per heavy atom. The monoisotopic (exact) mass is 276 g/mol. The van der Waals surface area contributed by atoms with E-state index in [1.807, 2.05) is 32.0 Å². The normalized spacial score (nSPS) is 15.2. The average Bonchev–Trinajstić information content (AvgIpc) is 2.48. The van der Waals surface area contributed by atoms with Crippen molar-refractivity contribution in [1.82, 2.24) is 9.80 Å². The molecule has 1 saturated heterocycles. The molecule has 0 bridgehead atoms. The minimum absolute atomic E-state index is 0.0377. The number of rotatable bonds is 1. The Morgan fingerprint density at radius 2 is 1.65 bits per heavy atom. The van der Waals surface area contributed by atoms with Crippen LogP contribution in [0.4, 0.5) is 4.79 Å². The van der Waals surface area contributed by atoms with E-state index in [1.165, 1.54) is 7.11 Å². The first-order chi connectivity index (χ1) is 9.52. The van der Waals surface area contributed by atoms with Crippen molar-refractivity contribution in [2.45, 2.75) is 13.8 Å². The summed E-state index contributed by atoms with van der Waals surface area (Å²) in [5.74, 6) is 0.0377. The summed E-state index contributed by atoms with van der Waals surface area (Å²) in [5, 5.41) is 0. The summed E-state index contributed by atoms with van der Waals surface area (Å²) >= 11 is 0. The van der Waals surface area contributed by atoms with Gasteiger partial charge in [0.15, 0.2) is 0 Å². The molecule has 0 aliphatic carbocycles. The number of aryl methyl sites for hydroxylation is 2. The number of carbonyl (C=O) groups is 2. The van der Waals surface area contributed by atoms with E-state index >= 15 is 0 Å². The van der Waals surface area contributed by atoms with Gasteiger partial charge in [-0.3, -0.25) is 4.79 Å². The first-order valence-electron chi connectivity index (χ1n) is 6.72. The number of amides is 2. The molecule has 0 spiro atoms. The molecule has 0 atom stereocenters. The molecule has 2 rings (SSSR count). The molecule has 5 heteroatoms. The number of hydrogen-bond acceptors (Lipinski definition) is 3. The first-order valence-corrected chi connectivity index (χ1v) is 6.72. The average molecular weight is 276 g/mol. The third-order valence-electron chi connectivity index (χ3n) is 3.62. The molecule has 108 valence electrons. The Labute approximate surface area is 119 Å². The van der Waals surface area contributed by atoms with Crippen LogP contribution in [0.3, 0.4) is 0 Å². The lowest BCUT2D eigenvalue weighted by Gasteiger charge is -2.34. The fourth-order valence-electron chi connectivity index (χ4n) is 2.36. The Morgan fingerprint density at radius 1 is 1.05 bits per heavy atom. The van der Waals surface area contributed by atoms with E-state index in [0.717, 1.165) is 16.7 Å². The van der Waals surface area contributed by atoms with Gasteiger partial charge in [-0.15, -0.1) is 0 Å². The third kappa shape index (κ3) is 2.92. The highest BCUT2D eigenvalue weighted by Crippen LogP contribution is 2.15. The zero-order chi connectivity index (χ0) is 14.7. The molecule has 1 fully saturated rings. The maximum absolute atomic E-state index is 12.5. The summed E-state index contributed by atoms with van der Waals surface area (Å²) in [7, 11) is 1.37. The quantitative estimate of drug-likeness (QED) is 0.786. The molecule has 0 N–H and O–H groups in total. The molecule has 1 aliphatic heterocycles. The van der Waals surface area contributed by atoms with E-state index in [9.17, 15) is 9.59 Å². The van der Waals surface area contributed by atoms with Crippen LogP contribution in [0.25, 0.3) is 0 Å². The summed E-state index contributed by atoms with van der Waals surface area (Å²) in [5.41, 5.74) is 2.81. The molecule has 1 aromatic carbocycles. The molecule has 1 heterocycles. The van der Waals surface area contributed by atoms with Crippen LogP contribution in [-0.4, -0.2) is 55.1 Å². The summed E-state index contributed by atoms with van der Waals surface area (Å²) in [4.78, 5) is 27.3. The predicted octanol–water partition coefficient (Wildman–Crippen LogP) is 1.83. The zero-order valence-electron chi connectivity index (χ0n) is 12.2. The molecular formula is C15H20N2O3. The van der Waals surface area contributed by atoms with Gasteiger partial charge in [-0.1, -0.05) is 17.7 Å². The fraction of sp³-hybridized carbons (Fsp3) is 0.467. The van der Waals surface area contributed by atoms with E-state index in [1.54, 1.807) is 9.80 Å². The van der Waals surface area contributed by atoms with Crippen LogP contribution < -0.4 is 0 Å². The fourth-order valence-corrected chi connectivity index (χ4v) is 2.36. The van der Waals surface area contributed by atoms with Crippen LogP contribution in [0.5, 0.6) is 0 Å². The molecule has 5 nitrogen and oxygen atoms in total. The predicted molar refractivity (Wildman–Crippen MR) is 75.8 cm³/mol. The zero-order valence-corrected chi connectivity index (χ0v) is 12.2. The van der Waals surface area contributed by atoms with Crippen molar-refractivity contribution in [1.29, 1.82) is 0 Å². The Balaban J connectivity index is 2.05. The van der Waals surface area contributed by atoms with Gasteiger partial charge in [-0.2, -0.15) is 0 Å². The highest BCUT2D eigenvalue weighted by molar-refractivity contribution is 5.96. The number of hydrogen-bond donors (Lipinski definition) is 0. The highest BCUT2D eigenvalue weighted by atomic mass is 16.5. The van der Waals surface area contributed by atoms with Crippen LogP contribution in [-0.2, 0) is 4.74 Å². The van der Waals surface area contributed by atoms with Gasteiger partial charge in [0.1, 0.15) is 0 Å². The van der Waals surface area contributed by atoms with Gasteiger partial charge in [-0.05, 0) is 25.5 Å². The van der Waals surface area contributed by atoms with Crippen molar-refractivity contribution >= 4 is 12.0 Å². The largest absolute Gasteiger partial charge is 0.453 e. The lowest BCUT2D eigenvalue weighted by Crippen LogP contribution is -2.50.